The van der Waals surface area contributed by atoms with Crippen LogP contribution in [0.4, 0.5) is 11.5 Å². The van der Waals surface area contributed by atoms with E-state index in [2.05, 4.69) is 20.3 Å². The molecule has 1 aromatic carbocycles. The number of imidazole rings is 1. The van der Waals surface area contributed by atoms with Gasteiger partial charge in [-0.2, -0.15) is 4.98 Å². The zero-order valence-corrected chi connectivity index (χ0v) is 13.6. The number of fused-ring (bicyclic) bond motifs is 1. The van der Waals surface area contributed by atoms with E-state index in [-0.39, 0.29) is 18.1 Å². The fourth-order valence-electron chi connectivity index (χ4n) is 2.12. The minimum Gasteiger partial charge on any atom is -0.383 e. The van der Waals surface area contributed by atoms with Crippen LogP contribution in [-0.2, 0) is 4.74 Å². The molecule has 10 heteroatoms. The Labute approximate surface area is 143 Å². The number of rotatable bonds is 6. The highest BCUT2D eigenvalue weighted by molar-refractivity contribution is 5.91. The van der Waals surface area contributed by atoms with Crippen LogP contribution in [0.3, 0.4) is 0 Å². The molecular weight excluding hydrogens is 336 g/mol. The summed E-state index contributed by atoms with van der Waals surface area (Å²) in [6.45, 7) is 1.01. The quantitative estimate of drug-likeness (QED) is 0.412. The average Bonchev–Trinajstić information content (AvgIpc) is 3.08. The normalized spacial score (nSPS) is 10.4. The first-order chi connectivity index (χ1) is 11.2. The molecule has 0 fully saturated rings. The molecule has 0 aliphatic heterocycles. The summed E-state index contributed by atoms with van der Waals surface area (Å²) in [7, 11) is 1.60. The van der Waals surface area contributed by atoms with Gasteiger partial charge >= 0.3 is 0 Å². The van der Waals surface area contributed by atoms with Gasteiger partial charge in [-0.3, -0.25) is 14.7 Å². The fraction of sp³-hybridized carbons (Fsp3) is 0.214. The van der Waals surface area contributed by atoms with E-state index in [0.717, 1.165) is 0 Å². The van der Waals surface area contributed by atoms with Gasteiger partial charge in [-0.25, -0.2) is 9.97 Å². The van der Waals surface area contributed by atoms with Crippen molar-refractivity contribution in [2.45, 2.75) is 0 Å². The summed E-state index contributed by atoms with van der Waals surface area (Å²) in [5, 5.41) is 14.7. The predicted octanol–water partition coefficient (Wildman–Crippen LogP) is 2.20. The second kappa shape index (κ2) is 7.66. The van der Waals surface area contributed by atoms with Gasteiger partial charge < -0.3 is 10.1 Å². The van der Waals surface area contributed by atoms with Gasteiger partial charge in [-0.1, -0.05) is 0 Å². The highest BCUT2D eigenvalue weighted by Crippen LogP contribution is 2.26. The van der Waals surface area contributed by atoms with E-state index >= 15 is 0 Å². The lowest BCUT2D eigenvalue weighted by atomic mass is 10.2. The molecule has 24 heavy (non-hydrogen) atoms. The third kappa shape index (κ3) is 3.58. The van der Waals surface area contributed by atoms with E-state index in [1.54, 1.807) is 36.5 Å². The second-order valence-corrected chi connectivity index (χ2v) is 4.72. The molecule has 0 atom stereocenters. The van der Waals surface area contributed by atoms with Crippen LogP contribution in [-0.4, -0.2) is 44.7 Å². The van der Waals surface area contributed by atoms with Crippen LogP contribution in [0.1, 0.15) is 0 Å². The Hall–Kier alpha value is -2.78. The number of halogens is 1. The highest BCUT2D eigenvalue weighted by atomic mass is 35.5. The molecule has 3 rings (SSSR count). The van der Waals surface area contributed by atoms with Crippen molar-refractivity contribution in [3.05, 3.63) is 47.0 Å². The van der Waals surface area contributed by atoms with Crippen molar-refractivity contribution in [3.63, 3.8) is 0 Å². The van der Waals surface area contributed by atoms with Gasteiger partial charge in [0, 0.05) is 43.6 Å². The van der Waals surface area contributed by atoms with Crippen molar-refractivity contribution in [2.24, 2.45) is 0 Å². The Morgan fingerprint density at radius 3 is 2.88 bits per heavy atom. The number of nitrogens with zero attached hydrogens (tertiary/aromatic N) is 5. The molecule has 0 bridgehead atoms. The van der Waals surface area contributed by atoms with Crippen molar-refractivity contribution in [3.8, 4) is 5.95 Å². The van der Waals surface area contributed by atoms with Crippen LogP contribution in [0.25, 0.3) is 16.9 Å². The topological polar surface area (TPSA) is 108 Å². The summed E-state index contributed by atoms with van der Waals surface area (Å²) in [5.74, 6) is 0.947. The maximum absolute atomic E-state index is 11.0. The lowest BCUT2D eigenvalue weighted by Gasteiger charge is -2.10. The van der Waals surface area contributed by atoms with Crippen LogP contribution in [0.2, 0.25) is 0 Å². The zero-order valence-electron chi connectivity index (χ0n) is 12.7. The van der Waals surface area contributed by atoms with Gasteiger partial charge in [0.05, 0.1) is 17.0 Å². The molecule has 0 spiro atoms. The maximum atomic E-state index is 11.0. The van der Waals surface area contributed by atoms with Crippen LogP contribution >= 0.6 is 12.4 Å². The number of nitro benzene ring substituents is 1. The van der Waals surface area contributed by atoms with E-state index < -0.39 is 4.92 Å². The monoisotopic (exact) mass is 350 g/mol. The third-order valence-electron chi connectivity index (χ3n) is 3.21. The molecule has 2 heterocycles. The number of hydrogen-bond donors (Lipinski definition) is 1. The first-order valence-electron chi connectivity index (χ1n) is 6.86. The summed E-state index contributed by atoms with van der Waals surface area (Å²) >= 11 is 0. The fourth-order valence-corrected chi connectivity index (χ4v) is 2.12. The number of methoxy groups -OCH3 is 1. The van der Waals surface area contributed by atoms with Crippen molar-refractivity contribution in [1.29, 1.82) is 0 Å². The third-order valence-corrected chi connectivity index (χ3v) is 3.21. The van der Waals surface area contributed by atoms with Gasteiger partial charge in [0.1, 0.15) is 12.1 Å². The van der Waals surface area contributed by atoms with Crippen LogP contribution in [0.15, 0.2) is 36.9 Å². The summed E-state index contributed by atoms with van der Waals surface area (Å²) < 4.78 is 6.68. The van der Waals surface area contributed by atoms with Crippen LogP contribution in [0.5, 0.6) is 0 Å². The summed E-state index contributed by atoms with van der Waals surface area (Å²) in [6, 6.07) is 4.49. The number of non-ortho nitro benzene ring substituents is 1. The molecule has 0 saturated heterocycles. The molecule has 0 aliphatic carbocycles. The lowest BCUT2D eigenvalue weighted by Crippen LogP contribution is -2.11. The van der Waals surface area contributed by atoms with Gasteiger partial charge in [0.25, 0.3) is 5.69 Å². The van der Waals surface area contributed by atoms with Gasteiger partial charge in [-0.05, 0) is 6.07 Å². The van der Waals surface area contributed by atoms with E-state index in [1.165, 1.54) is 12.1 Å². The smallest absolute Gasteiger partial charge is 0.270 e. The minimum absolute atomic E-state index is 0. The summed E-state index contributed by atoms with van der Waals surface area (Å²) in [5.41, 5.74) is 0.598. The van der Waals surface area contributed by atoms with Crippen molar-refractivity contribution < 1.29 is 9.66 Å². The van der Waals surface area contributed by atoms with Crippen molar-refractivity contribution in [1.82, 2.24) is 19.5 Å². The van der Waals surface area contributed by atoms with Crippen molar-refractivity contribution >= 4 is 34.8 Å². The maximum Gasteiger partial charge on any atom is 0.270 e. The van der Waals surface area contributed by atoms with E-state index in [0.29, 0.717) is 35.8 Å². The molecule has 0 aliphatic rings. The molecule has 0 unspecified atom stereocenters. The molecule has 9 nitrogen and oxygen atoms in total. The Kier molecular flexibility index (Phi) is 5.61. The molecule has 0 amide bonds. The number of anilines is 1. The Morgan fingerprint density at radius 1 is 1.38 bits per heavy atom. The first-order valence-corrected chi connectivity index (χ1v) is 6.86. The second-order valence-electron chi connectivity index (χ2n) is 4.72. The summed E-state index contributed by atoms with van der Waals surface area (Å²) in [4.78, 5) is 23.4. The molecule has 0 saturated carbocycles. The number of nitro groups is 1. The van der Waals surface area contributed by atoms with E-state index in [9.17, 15) is 10.1 Å². The number of aromatic nitrogens is 4. The van der Waals surface area contributed by atoms with Crippen LogP contribution < -0.4 is 5.32 Å². The summed E-state index contributed by atoms with van der Waals surface area (Å²) in [6.07, 6.45) is 4.94. The Bertz CT molecular complexity index is 840. The largest absolute Gasteiger partial charge is 0.383 e. The number of nitrogens with one attached hydrogen (secondary N) is 1. The number of hydrogen-bond acceptors (Lipinski definition) is 7. The highest BCUT2D eigenvalue weighted by Gasteiger charge is 2.13. The molecule has 3 aromatic rings. The predicted molar refractivity (Wildman–Crippen MR) is 90.9 cm³/mol. The van der Waals surface area contributed by atoms with Gasteiger partial charge in [0.2, 0.25) is 5.95 Å². The molecular formula is C14H15ClN6O3. The molecule has 0 radical (unpaired) electrons. The number of ether oxygens (including phenoxy) is 1. The standard InChI is InChI=1S/C14H14N6O3.ClH/c1-23-7-5-16-13-11-8-10(20(21)22)2-3-12(11)17-14(18-13)19-6-4-15-9-19;/h2-4,6,8-9H,5,7H2,1H3,(H,16,17,18);1H. The SMILES string of the molecule is COCCNc1nc(-n2ccnc2)nc2ccc([N+](=O)[O-])cc12.Cl. The first kappa shape index (κ1) is 17.6. The Balaban J connectivity index is 0.00000208. The van der Waals surface area contributed by atoms with E-state index in [4.69, 9.17) is 4.74 Å². The molecule has 126 valence electrons. The van der Waals surface area contributed by atoms with Crippen LogP contribution in [0, 0.1) is 10.1 Å². The minimum atomic E-state index is -0.442. The number of benzene rings is 1. The van der Waals surface area contributed by atoms with Crippen molar-refractivity contribution in [2.75, 3.05) is 25.6 Å². The Morgan fingerprint density at radius 2 is 2.21 bits per heavy atom. The lowest BCUT2D eigenvalue weighted by molar-refractivity contribution is -0.384. The molecule has 1 N–H and O–H groups in total. The molecule has 2 aromatic heterocycles. The average molecular weight is 351 g/mol. The zero-order chi connectivity index (χ0) is 16.2. The van der Waals surface area contributed by atoms with Gasteiger partial charge in [-0.15, -0.1) is 12.4 Å². The van der Waals surface area contributed by atoms with Gasteiger partial charge in [0.15, 0.2) is 0 Å². The van der Waals surface area contributed by atoms with E-state index in [1.807, 2.05) is 0 Å².